The van der Waals surface area contributed by atoms with Crippen LogP contribution in [0.5, 0.6) is 0 Å². The number of hydrogen-bond donors (Lipinski definition) is 4. The van der Waals surface area contributed by atoms with E-state index in [-0.39, 0.29) is 12.3 Å². The van der Waals surface area contributed by atoms with E-state index in [1.165, 1.54) is 11.1 Å². The molecule has 0 heterocycles. The Balaban J connectivity index is 1.31. The maximum Gasteiger partial charge on any atom is 0.0847 e. The fourth-order valence-corrected chi connectivity index (χ4v) is 4.54. The number of benzene rings is 5. The molecule has 4 heteroatoms. The number of rotatable bonds is 9. The third-order valence-corrected chi connectivity index (χ3v) is 6.52. The second kappa shape index (κ2) is 11.7. The summed E-state index contributed by atoms with van der Waals surface area (Å²) in [5, 5.41) is 10.4. The van der Waals surface area contributed by atoms with Crippen LogP contribution in [0.3, 0.4) is 0 Å². The van der Waals surface area contributed by atoms with Gasteiger partial charge in [0.1, 0.15) is 0 Å². The molecule has 0 radical (unpaired) electrons. The van der Waals surface area contributed by atoms with E-state index in [0.29, 0.717) is 0 Å². The van der Waals surface area contributed by atoms with Crippen LogP contribution in [0.4, 0.5) is 11.4 Å². The standard InChI is InChI=1S/C33H32N4/c1-35-33(27-13-6-3-7-14-27)37-32(34)26-21-19-24(20-22-26)28-15-10-16-29(23-28)36-31-18-9-8-17-30(31)25-11-4-2-5-12-25/h2-23,32-33,35-37H,34H2,1H3. The second-order valence-corrected chi connectivity index (χ2v) is 9.02. The molecule has 0 bridgehead atoms. The van der Waals surface area contributed by atoms with Gasteiger partial charge in [-0.2, -0.15) is 0 Å². The highest BCUT2D eigenvalue weighted by Gasteiger charge is 2.14. The van der Waals surface area contributed by atoms with Crippen molar-refractivity contribution in [3.8, 4) is 22.3 Å². The summed E-state index contributed by atoms with van der Waals surface area (Å²) in [5.41, 5.74) is 15.5. The first-order valence-electron chi connectivity index (χ1n) is 12.6. The topological polar surface area (TPSA) is 62.1 Å². The molecule has 0 aromatic heterocycles. The molecule has 5 rings (SSSR count). The molecular weight excluding hydrogens is 452 g/mol. The van der Waals surface area contributed by atoms with Crippen molar-refractivity contribution in [2.24, 2.45) is 5.73 Å². The maximum absolute atomic E-state index is 6.51. The van der Waals surface area contributed by atoms with Crippen LogP contribution in [0.1, 0.15) is 23.5 Å². The Kier molecular flexibility index (Phi) is 7.72. The summed E-state index contributed by atoms with van der Waals surface area (Å²) in [6.07, 6.45) is -0.327. The summed E-state index contributed by atoms with van der Waals surface area (Å²) in [6, 6.07) is 46.0. The van der Waals surface area contributed by atoms with Gasteiger partial charge in [-0.3, -0.25) is 5.32 Å². The Bertz CT molecular complexity index is 1420. The predicted molar refractivity (Wildman–Crippen MR) is 155 cm³/mol. The van der Waals surface area contributed by atoms with Gasteiger partial charge in [0.2, 0.25) is 0 Å². The number of nitrogens with one attached hydrogen (secondary N) is 3. The molecular formula is C33H32N4. The zero-order valence-electron chi connectivity index (χ0n) is 20.9. The third-order valence-electron chi connectivity index (χ3n) is 6.52. The van der Waals surface area contributed by atoms with Gasteiger partial charge in [-0.1, -0.05) is 115 Å². The van der Waals surface area contributed by atoms with E-state index in [9.17, 15) is 0 Å². The van der Waals surface area contributed by atoms with Gasteiger partial charge in [0.05, 0.1) is 12.3 Å². The molecule has 5 aromatic carbocycles. The van der Waals surface area contributed by atoms with Gasteiger partial charge in [-0.05, 0) is 53.1 Å². The monoisotopic (exact) mass is 484 g/mol. The molecule has 5 aromatic rings. The smallest absolute Gasteiger partial charge is 0.0847 e. The van der Waals surface area contributed by atoms with Crippen LogP contribution < -0.4 is 21.7 Å². The van der Waals surface area contributed by atoms with Crippen LogP contribution in [0.15, 0.2) is 133 Å². The third kappa shape index (κ3) is 5.96. The predicted octanol–water partition coefficient (Wildman–Crippen LogP) is 7.23. The normalized spacial score (nSPS) is 12.6. The Morgan fingerprint density at radius 2 is 1.22 bits per heavy atom. The summed E-state index contributed by atoms with van der Waals surface area (Å²) >= 11 is 0. The van der Waals surface area contributed by atoms with Crippen molar-refractivity contribution in [1.29, 1.82) is 0 Å². The molecule has 0 amide bonds. The fourth-order valence-electron chi connectivity index (χ4n) is 4.54. The van der Waals surface area contributed by atoms with Crippen LogP contribution in [-0.4, -0.2) is 7.05 Å². The Morgan fingerprint density at radius 3 is 1.95 bits per heavy atom. The molecule has 0 saturated carbocycles. The lowest BCUT2D eigenvalue weighted by molar-refractivity contribution is 0.411. The Morgan fingerprint density at radius 1 is 0.568 bits per heavy atom. The van der Waals surface area contributed by atoms with E-state index in [4.69, 9.17) is 5.73 Å². The van der Waals surface area contributed by atoms with Gasteiger partial charge in [0, 0.05) is 16.9 Å². The lowest BCUT2D eigenvalue weighted by Crippen LogP contribution is -2.38. The first-order chi connectivity index (χ1) is 18.2. The number of para-hydroxylation sites is 1. The van der Waals surface area contributed by atoms with Crippen molar-refractivity contribution >= 4 is 11.4 Å². The van der Waals surface area contributed by atoms with Crippen LogP contribution >= 0.6 is 0 Å². The molecule has 2 unspecified atom stereocenters. The van der Waals surface area contributed by atoms with E-state index in [1.54, 1.807) is 0 Å². The SMILES string of the molecule is CNC(NC(N)c1ccc(-c2cccc(Nc3ccccc3-c3ccccc3)c2)cc1)c1ccccc1. The number of anilines is 2. The lowest BCUT2D eigenvalue weighted by atomic mass is 10.0. The van der Waals surface area contributed by atoms with Crippen molar-refractivity contribution in [1.82, 2.24) is 10.6 Å². The molecule has 184 valence electrons. The van der Waals surface area contributed by atoms with Gasteiger partial charge in [-0.15, -0.1) is 0 Å². The van der Waals surface area contributed by atoms with E-state index < -0.39 is 0 Å². The molecule has 0 fully saturated rings. The fraction of sp³-hybridized carbons (Fsp3) is 0.0909. The minimum absolute atomic E-state index is 0.0302. The summed E-state index contributed by atoms with van der Waals surface area (Å²) in [7, 11) is 1.93. The van der Waals surface area contributed by atoms with Gasteiger partial charge in [0.15, 0.2) is 0 Å². The molecule has 2 atom stereocenters. The van der Waals surface area contributed by atoms with Crippen LogP contribution in [0.25, 0.3) is 22.3 Å². The first-order valence-corrected chi connectivity index (χ1v) is 12.6. The Hall–Kier alpha value is -4.22. The van der Waals surface area contributed by atoms with Crippen molar-refractivity contribution in [3.05, 3.63) is 145 Å². The van der Waals surface area contributed by atoms with Crippen molar-refractivity contribution in [3.63, 3.8) is 0 Å². The van der Waals surface area contributed by atoms with Crippen molar-refractivity contribution in [2.75, 3.05) is 12.4 Å². The zero-order valence-corrected chi connectivity index (χ0v) is 20.9. The van der Waals surface area contributed by atoms with Crippen LogP contribution in [0, 0.1) is 0 Å². The zero-order chi connectivity index (χ0) is 25.5. The van der Waals surface area contributed by atoms with E-state index in [2.05, 4.69) is 125 Å². The van der Waals surface area contributed by atoms with Crippen molar-refractivity contribution in [2.45, 2.75) is 12.3 Å². The highest BCUT2D eigenvalue weighted by Crippen LogP contribution is 2.31. The Labute approximate surface area is 219 Å². The van der Waals surface area contributed by atoms with Crippen LogP contribution in [0.2, 0.25) is 0 Å². The molecule has 4 nitrogen and oxygen atoms in total. The largest absolute Gasteiger partial charge is 0.355 e. The molecule has 5 N–H and O–H groups in total. The molecule has 0 saturated heterocycles. The van der Waals surface area contributed by atoms with E-state index in [1.807, 2.05) is 31.3 Å². The highest BCUT2D eigenvalue weighted by molar-refractivity contribution is 5.82. The molecule has 0 aliphatic rings. The van der Waals surface area contributed by atoms with Gasteiger partial charge >= 0.3 is 0 Å². The minimum Gasteiger partial charge on any atom is -0.355 e. The molecule has 0 aliphatic carbocycles. The second-order valence-electron chi connectivity index (χ2n) is 9.02. The average molecular weight is 485 g/mol. The summed E-state index contributed by atoms with van der Waals surface area (Å²) in [5.74, 6) is 0. The van der Waals surface area contributed by atoms with Gasteiger partial charge in [0.25, 0.3) is 0 Å². The molecule has 0 spiro atoms. The quantitative estimate of drug-likeness (QED) is 0.167. The summed E-state index contributed by atoms with van der Waals surface area (Å²) in [4.78, 5) is 0. The first kappa shape index (κ1) is 24.5. The molecule has 37 heavy (non-hydrogen) atoms. The van der Waals surface area contributed by atoms with E-state index in [0.717, 1.165) is 33.6 Å². The lowest BCUT2D eigenvalue weighted by Gasteiger charge is -2.23. The van der Waals surface area contributed by atoms with Gasteiger partial charge in [-0.25, -0.2) is 0 Å². The molecule has 0 aliphatic heterocycles. The maximum atomic E-state index is 6.51. The van der Waals surface area contributed by atoms with E-state index >= 15 is 0 Å². The number of hydrogen-bond acceptors (Lipinski definition) is 4. The average Bonchev–Trinajstić information content (AvgIpc) is 2.97. The summed E-state index contributed by atoms with van der Waals surface area (Å²) < 4.78 is 0. The van der Waals surface area contributed by atoms with Crippen LogP contribution in [-0.2, 0) is 0 Å². The van der Waals surface area contributed by atoms with Crippen molar-refractivity contribution < 1.29 is 0 Å². The summed E-state index contributed by atoms with van der Waals surface area (Å²) in [6.45, 7) is 0. The minimum atomic E-state index is -0.297. The van der Waals surface area contributed by atoms with Gasteiger partial charge < -0.3 is 16.4 Å². The number of nitrogens with two attached hydrogens (primary N) is 1. The highest BCUT2D eigenvalue weighted by atomic mass is 15.2.